The van der Waals surface area contributed by atoms with Crippen molar-refractivity contribution in [3.05, 3.63) is 70.4 Å². The second-order valence-corrected chi connectivity index (χ2v) is 6.42. The molecule has 7 nitrogen and oxygen atoms in total. The maximum absolute atomic E-state index is 14.3. The Labute approximate surface area is 162 Å². The number of halogens is 3. The third-order valence-electron chi connectivity index (χ3n) is 4.69. The second-order valence-electron chi connectivity index (χ2n) is 6.42. The summed E-state index contributed by atoms with van der Waals surface area (Å²) in [6.07, 6.45) is 0.794. The molecule has 2 aliphatic heterocycles. The highest BCUT2D eigenvalue weighted by Crippen LogP contribution is 2.47. The van der Waals surface area contributed by atoms with Crippen LogP contribution in [0.15, 0.2) is 46.7 Å². The molecule has 0 saturated heterocycles. The molecule has 2 aromatic rings. The third kappa shape index (κ3) is 2.67. The van der Waals surface area contributed by atoms with Crippen LogP contribution in [0.1, 0.15) is 18.2 Å². The number of nitrogens with one attached hydrogen (secondary N) is 2. The molecule has 29 heavy (non-hydrogen) atoms. The maximum atomic E-state index is 14.3. The Kier molecular flexibility index (Phi) is 4.14. The summed E-state index contributed by atoms with van der Waals surface area (Å²) in [4.78, 5) is 33.6. The predicted molar refractivity (Wildman–Crippen MR) is 95.2 cm³/mol. The fraction of sp³-hybridized carbons (Fsp3) is 0.158. The van der Waals surface area contributed by atoms with Crippen molar-refractivity contribution in [3.63, 3.8) is 0 Å². The Morgan fingerprint density at radius 1 is 1.14 bits per heavy atom. The van der Waals surface area contributed by atoms with Gasteiger partial charge in [0.05, 0.1) is 24.6 Å². The molecule has 3 heterocycles. The topological polar surface area (TPSA) is 92.7 Å². The van der Waals surface area contributed by atoms with Crippen molar-refractivity contribution >= 4 is 23.4 Å². The van der Waals surface area contributed by atoms with E-state index in [4.69, 9.17) is 4.74 Å². The lowest BCUT2D eigenvalue weighted by atomic mass is 9.81. The molecule has 1 atom stereocenters. The van der Waals surface area contributed by atoms with Crippen LogP contribution in [-0.4, -0.2) is 29.8 Å². The summed E-state index contributed by atoms with van der Waals surface area (Å²) in [5.41, 5.74) is -2.00. The number of benzene rings is 1. The Morgan fingerprint density at radius 3 is 2.59 bits per heavy atom. The van der Waals surface area contributed by atoms with Gasteiger partial charge in [-0.15, -0.1) is 0 Å². The monoisotopic (exact) mass is 402 g/mol. The summed E-state index contributed by atoms with van der Waals surface area (Å²) in [6, 6.07) is 4.12. The van der Waals surface area contributed by atoms with Crippen LogP contribution in [0.5, 0.6) is 0 Å². The van der Waals surface area contributed by atoms with Crippen molar-refractivity contribution in [2.24, 2.45) is 4.99 Å². The number of aromatic nitrogens is 1. The van der Waals surface area contributed by atoms with Gasteiger partial charge in [-0.1, -0.05) is 6.07 Å². The second kappa shape index (κ2) is 6.43. The zero-order valence-electron chi connectivity index (χ0n) is 15.1. The molecule has 0 bridgehead atoms. The molecule has 1 unspecified atom stereocenters. The highest BCUT2D eigenvalue weighted by molar-refractivity contribution is 6.17. The number of esters is 1. The average molecular weight is 402 g/mol. The van der Waals surface area contributed by atoms with Crippen LogP contribution in [0.4, 0.5) is 18.9 Å². The molecule has 1 spiro atoms. The smallest absolute Gasteiger partial charge is 0.338 e. The lowest BCUT2D eigenvalue weighted by molar-refractivity contribution is -0.138. The summed E-state index contributed by atoms with van der Waals surface area (Å²) in [5, 5.41) is 5.22. The van der Waals surface area contributed by atoms with Crippen LogP contribution in [0, 0.1) is 17.5 Å². The third-order valence-corrected chi connectivity index (χ3v) is 4.69. The fourth-order valence-corrected chi connectivity index (χ4v) is 3.50. The molecular formula is C19H13F3N4O3. The summed E-state index contributed by atoms with van der Waals surface area (Å²) in [5.74, 6) is -4.31. The van der Waals surface area contributed by atoms with Gasteiger partial charge in [0.25, 0.3) is 5.91 Å². The van der Waals surface area contributed by atoms with Gasteiger partial charge in [-0.05, 0) is 19.1 Å². The first-order valence-corrected chi connectivity index (χ1v) is 8.37. The molecule has 1 aromatic heterocycles. The van der Waals surface area contributed by atoms with Crippen molar-refractivity contribution in [2.45, 2.75) is 12.5 Å². The average Bonchev–Trinajstić information content (AvgIpc) is 2.91. The molecule has 2 aliphatic rings. The molecule has 0 aliphatic carbocycles. The largest absolute Gasteiger partial charge is 0.466 e. The van der Waals surface area contributed by atoms with Gasteiger partial charge in [-0.25, -0.2) is 27.9 Å². The van der Waals surface area contributed by atoms with Crippen LogP contribution in [-0.2, 0) is 19.9 Å². The number of nitrogens with zero attached hydrogens (tertiary/aromatic N) is 2. The molecule has 1 amide bonds. The highest BCUT2D eigenvalue weighted by atomic mass is 19.1. The number of amidine groups is 1. The minimum Gasteiger partial charge on any atom is -0.466 e. The van der Waals surface area contributed by atoms with Gasteiger partial charge in [-0.3, -0.25) is 4.79 Å². The van der Waals surface area contributed by atoms with E-state index in [0.717, 1.165) is 25.4 Å². The van der Waals surface area contributed by atoms with Crippen LogP contribution < -0.4 is 10.6 Å². The van der Waals surface area contributed by atoms with Gasteiger partial charge < -0.3 is 15.4 Å². The number of hydrogen-bond donors (Lipinski definition) is 2. The molecule has 10 heteroatoms. The predicted octanol–water partition coefficient (Wildman–Crippen LogP) is 2.14. The molecule has 4 rings (SSSR count). The molecule has 148 valence electrons. The number of methoxy groups -OCH3 is 1. The number of allylic oxidation sites excluding steroid dienone is 1. The van der Waals surface area contributed by atoms with Crippen LogP contribution >= 0.6 is 0 Å². The van der Waals surface area contributed by atoms with E-state index in [1.807, 2.05) is 0 Å². The number of ether oxygens (including phenoxy) is 1. The zero-order valence-corrected chi connectivity index (χ0v) is 15.1. The highest BCUT2D eigenvalue weighted by Gasteiger charge is 2.55. The number of amides is 1. The quantitative estimate of drug-likeness (QED) is 0.751. The van der Waals surface area contributed by atoms with E-state index in [0.29, 0.717) is 6.07 Å². The molecule has 0 fully saturated rings. The first-order valence-electron chi connectivity index (χ1n) is 8.37. The summed E-state index contributed by atoms with van der Waals surface area (Å²) in [7, 11) is 1.13. The fourth-order valence-electron chi connectivity index (χ4n) is 3.50. The minimum absolute atomic E-state index is 0.113. The van der Waals surface area contributed by atoms with Gasteiger partial charge in [0, 0.05) is 17.3 Å². The molecule has 0 radical (unpaired) electrons. The molecule has 0 saturated carbocycles. The standard InChI is InChI=1S/C19H13F3N4O3/c1-8-14(17(27)29-2)19(11-4-3-9(20)6-13(11)25-18(19)28)26-16(24-8)15-12(22)5-10(21)7-23-15/h3-7H,1-2H3,(H,24,26)(H,25,28). The number of hydrogen-bond acceptors (Lipinski definition) is 6. The van der Waals surface area contributed by atoms with E-state index < -0.39 is 34.9 Å². The summed E-state index contributed by atoms with van der Waals surface area (Å²) >= 11 is 0. The van der Waals surface area contributed by atoms with Crippen molar-refractivity contribution in [2.75, 3.05) is 12.4 Å². The van der Waals surface area contributed by atoms with Gasteiger partial charge >= 0.3 is 5.97 Å². The Hall–Kier alpha value is -3.69. The van der Waals surface area contributed by atoms with Crippen LogP contribution in [0.2, 0.25) is 0 Å². The van der Waals surface area contributed by atoms with E-state index >= 15 is 0 Å². The minimum atomic E-state index is -1.96. The van der Waals surface area contributed by atoms with Gasteiger partial charge in [0.2, 0.25) is 5.54 Å². The normalized spacial score (nSPS) is 20.2. The van der Waals surface area contributed by atoms with Crippen molar-refractivity contribution < 1.29 is 27.5 Å². The van der Waals surface area contributed by atoms with E-state index in [1.54, 1.807) is 0 Å². The van der Waals surface area contributed by atoms with Crippen molar-refractivity contribution in [1.82, 2.24) is 10.3 Å². The number of aliphatic imine (C=N–C) groups is 1. The number of anilines is 1. The van der Waals surface area contributed by atoms with E-state index in [9.17, 15) is 22.8 Å². The van der Waals surface area contributed by atoms with E-state index in [1.165, 1.54) is 13.0 Å². The van der Waals surface area contributed by atoms with E-state index in [2.05, 4.69) is 20.6 Å². The first kappa shape index (κ1) is 18.7. The van der Waals surface area contributed by atoms with Gasteiger partial charge in [-0.2, -0.15) is 0 Å². The maximum Gasteiger partial charge on any atom is 0.338 e. The zero-order chi connectivity index (χ0) is 20.9. The number of carbonyl (C=O) groups is 2. The van der Waals surface area contributed by atoms with E-state index in [-0.39, 0.29) is 34.1 Å². The molecule has 2 N–H and O–H groups in total. The number of carbonyl (C=O) groups excluding carboxylic acids is 2. The Morgan fingerprint density at radius 2 is 1.90 bits per heavy atom. The lowest BCUT2D eigenvalue weighted by Gasteiger charge is -2.32. The summed E-state index contributed by atoms with van der Waals surface area (Å²) < 4.78 is 46.1. The van der Waals surface area contributed by atoms with Gasteiger partial charge in [0.15, 0.2) is 11.7 Å². The molecule has 1 aromatic carbocycles. The number of fused-ring (bicyclic) bond motifs is 2. The molecular weight excluding hydrogens is 389 g/mol. The van der Waals surface area contributed by atoms with Crippen LogP contribution in [0.3, 0.4) is 0 Å². The first-order chi connectivity index (χ1) is 13.8. The Bertz CT molecular complexity index is 1150. The van der Waals surface area contributed by atoms with Crippen LogP contribution in [0.25, 0.3) is 0 Å². The summed E-state index contributed by atoms with van der Waals surface area (Å²) in [6.45, 7) is 1.47. The van der Waals surface area contributed by atoms with Crippen molar-refractivity contribution in [1.29, 1.82) is 0 Å². The number of pyridine rings is 1. The SMILES string of the molecule is COC(=O)C1=C(C)NC(c2ncc(F)cc2F)=NC12C(=O)Nc1cc(F)ccc12. The lowest BCUT2D eigenvalue weighted by Crippen LogP contribution is -2.46. The van der Waals surface area contributed by atoms with Gasteiger partial charge in [0.1, 0.15) is 17.3 Å². The number of rotatable bonds is 2. The van der Waals surface area contributed by atoms with Crippen molar-refractivity contribution in [3.8, 4) is 0 Å². The Balaban J connectivity index is 2.01.